The molecule has 0 aliphatic rings. The zero-order valence-corrected chi connectivity index (χ0v) is 11.5. The Kier molecular flexibility index (Phi) is 6.01. The number of oxime groups is 2. The summed E-state index contributed by atoms with van der Waals surface area (Å²) in [6.07, 6.45) is -4.00. The Bertz CT molecular complexity index is 510. The van der Waals surface area contributed by atoms with Gasteiger partial charge in [-0.25, -0.2) is 0 Å². The first-order valence-corrected chi connectivity index (χ1v) is 6.12. The van der Waals surface area contributed by atoms with E-state index in [9.17, 15) is 13.2 Å². The third-order valence-corrected chi connectivity index (χ3v) is 2.31. The summed E-state index contributed by atoms with van der Waals surface area (Å²) < 4.78 is 40.0. The summed E-state index contributed by atoms with van der Waals surface area (Å²) in [7, 11) is 0. The molecule has 0 aliphatic heterocycles. The molecule has 0 bridgehead atoms. The fraction of sp³-hybridized carbons (Fsp3) is 0.385. The third-order valence-electron chi connectivity index (χ3n) is 2.31. The van der Waals surface area contributed by atoms with Gasteiger partial charge < -0.3 is 14.8 Å². The van der Waals surface area contributed by atoms with Crippen LogP contribution in [0, 0.1) is 0 Å². The Morgan fingerprint density at radius 3 is 2.33 bits per heavy atom. The third kappa shape index (κ3) is 5.72. The van der Waals surface area contributed by atoms with Gasteiger partial charge in [0.15, 0.2) is 0 Å². The highest BCUT2D eigenvalue weighted by molar-refractivity contribution is 6.47. The molecule has 116 valence electrons. The lowest BCUT2D eigenvalue weighted by Crippen LogP contribution is -2.17. The molecule has 1 aromatic carbocycles. The molecule has 21 heavy (non-hydrogen) atoms. The Morgan fingerprint density at radius 2 is 1.86 bits per heavy atom. The van der Waals surface area contributed by atoms with E-state index in [4.69, 9.17) is 10.0 Å². The van der Waals surface area contributed by atoms with Crippen LogP contribution in [0.2, 0.25) is 0 Å². The SMILES string of the molecule is CCCON=C(C(C)=NO)c1ccc(OC(F)(F)F)cc1. The molecule has 0 atom stereocenters. The molecule has 0 fully saturated rings. The summed E-state index contributed by atoms with van der Waals surface area (Å²) in [6, 6.07) is 5.01. The van der Waals surface area contributed by atoms with Crippen LogP contribution in [0.3, 0.4) is 0 Å². The van der Waals surface area contributed by atoms with E-state index < -0.39 is 6.36 Å². The van der Waals surface area contributed by atoms with E-state index in [1.165, 1.54) is 19.1 Å². The summed E-state index contributed by atoms with van der Waals surface area (Å²) in [5, 5.41) is 15.7. The van der Waals surface area contributed by atoms with Gasteiger partial charge in [0, 0.05) is 5.56 Å². The first kappa shape index (κ1) is 16.8. The molecular formula is C13H15F3N2O3. The average Bonchev–Trinajstić information content (AvgIpc) is 2.42. The molecule has 0 heterocycles. The van der Waals surface area contributed by atoms with Gasteiger partial charge in [-0.2, -0.15) is 0 Å². The molecule has 8 heteroatoms. The average molecular weight is 304 g/mol. The second-order valence-corrected chi connectivity index (χ2v) is 4.03. The molecule has 0 radical (unpaired) electrons. The summed E-state index contributed by atoms with van der Waals surface area (Å²) >= 11 is 0. The number of alkyl halides is 3. The van der Waals surface area contributed by atoms with Crippen molar-refractivity contribution in [1.29, 1.82) is 0 Å². The van der Waals surface area contributed by atoms with Gasteiger partial charge in [-0.05, 0) is 37.6 Å². The molecule has 0 amide bonds. The first-order valence-electron chi connectivity index (χ1n) is 6.12. The number of hydrogen-bond acceptors (Lipinski definition) is 5. The van der Waals surface area contributed by atoms with E-state index in [1.54, 1.807) is 0 Å². The largest absolute Gasteiger partial charge is 0.573 e. The van der Waals surface area contributed by atoms with E-state index in [0.717, 1.165) is 18.6 Å². The van der Waals surface area contributed by atoms with Crippen LogP contribution in [0.25, 0.3) is 0 Å². The number of nitrogens with zero attached hydrogens (tertiary/aromatic N) is 2. The van der Waals surface area contributed by atoms with Crippen LogP contribution in [0.4, 0.5) is 13.2 Å². The highest BCUT2D eigenvalue weighted by atomic mass is 19.4. The Hall–Kier alpha value is -2.25. The van der Waals surface area contributed by atoms with Gasteiger partial charge in [-0.1, -0.05) is 17.2 Å². The molecule has 0 unspecified atom stereocenters. The van der Waals surface area contributed by atoms with E-state index in [-0.39, 0.29) is 17.2 Å². The maximum absolute atomic E-state index is 12.1. The molecular weight excluding hydrogens is 289 g/mol. The Morgan fingerprint density at radius 1 is 1.24 bits per heavy atom. The van der Waals surface area contributed by atoms with Crippen molar-refractivity contribution in [2.45, 2.75) is 26.6 Å². The number of hydrogen-bond donors (Lipinski definition) is 1. The zero-order chi connectivity index (χ0) is 15.9. The second kappa shape index (κ2) is 7.51. The van der Waals surface area contributed by atoms with Crippen LogP contribution in [-0.4, -0.2) is 29.6 Å². The van der Waals surface area contributed by atoms with Crippen molar-refractivity contribution in [3.05, 3.63) is 29.8 Å². The van der Waals surface area contributed by atoms with E-state index >= 15 is 0 Å². The van der Waals surface area contributed by atoms with Crippen molar-refractivity contribution >= 4 is 11.4 Å². The maximum Gasteiger partial charge on any atom is 0.573 e. The van der Waals surface area contributed by atoms with Gasteiger partial charge in [-0.15, -0.1) is 13.2 Å². The molecule has 0 spiro atoms. The zero-order valence-electron chi connectivity index (χ0n) is 11.5. The molecule has 0 aliphatic carbocycles. The van der Waals surface area contributed by atoms with Crippen LogP contribution in [0.1, 0.15) is 25.8 Å². The van der Waals surface area contributed by atoms with Crippen molar-refractivity contribution in [2.75, 3.05) is 6.61 Å². The van der Waals surface area contributed by atoms with Crippen molar-refractivity contribution in [3.63, 3.8) is 0 Å². The highest BCUT2D eigenvalue weighted by Gasteiger charge is 2.31. The number of ether oxygens (including phenoxy) is 1. The smallest absolute Gasteiger partial charge is 0.411 e. The maximum atomic E-state index is 12.1. The number of rotatable bonds is 6. The highest BCUT2D eigenvalue weighted by Crippen LogP contribution is 2.23. The van der Waals surface area contributed by atoms with Crippen molar-refractivity contribution < 1.29 is 28.0 Å². The molecule has 0 aromatic heterocycles. The Labute approximate surface area is 119 Å². The number of halogens is 3. The summed E-state index contributed by atoms with van der Waals surface area (Å²) in [5.74, 6) is -0.348. The molecule has 1 rings (SSSR count). The summed E-state index contributed by atoms with van der Waals surface area (Å²) in [4.78, 5) is 5.02. The second-order valence-electron chi connectivity index (χ2n) is 4.03. The predicted molar refractivity (Wildman–Crippen MR) is 70.8 cm³/mol. The fourth-order valence-electron chi connectivity index (χ4n) is 1.39. The van der Waals surface area contributed by atoms with Gasteiger partial charge in [0.05, 0.1) is 0 Å². The lowest BCUT2D eigenvalue weighted by molar-refractivity contribution is -0.274. The van der Waals surface area contributed by atoms with Crippen LogP contribution in [0.5, 0.6) is 5.75 Å². The minimum Gasteiger partial charge on any atom is -0.411 e. The lowest BCUT2D eigenvalue weighted by atomic mass is 10.1. The monoisotopic (exact) mass is 304 g/mol. The Balaban J connectivity index is 2.96. The first-order chi connectivity index (χ1) is 9.87. The fourth-order valence-corrected chi connectivity index (χ4v) is 1.39. The summed E-state index contributed by atoms with van der Waals surface area (Å²) in [5.41, 5.74) is 0.844. The van der Waals surface area contributed by atoms with Crippen molar-refractivity contribution in [3.8, 4) is 5.75 Å². The number of benzene rings is 1. The van der Waals surface area contributed by atoms with Crippen molar-refractivity contribution in [2.24, 2.45) is 10.3 Å². The topological polar surface area (TPSA) is 63.4 Å². The van der Waals surface area contributed by atoms with Gasteiger partial charge in [0.2, 0.25) is 0 Å². The van der Waals surface area contributed by atoms with Gasteiger partial charge in [-0.3, -0.25) is 0 Å². The minimum absolute atomic E-state index is 0.176. The quantitative estimate of drug-likeness (QED) is 0.378. The van der Waals surface area contributed by atoms with Crippen molar-refractivity contribution in [1.82, 2.24) is 0 Å². The lowest BCUT2D eigenvalue weighted by Gasteiger charge is -2.10. The molecule has 5 nitrogen and oxygen atoms in total. The molecule has 0 saturated carbocycles. The van der Waals surface area contributed by atoms with Crippen LogP contribution in [-0.2, 0) is 4.84 Å². The van der Waals surface area contributed by atoms with E-state index in [1.807, 2.05) is 6.92 Å². The van der Waals surface area contributed by atoms with Gasteiger partial charge in [0.25, 0.3) is 0 Å². The van der Waals surface area contributed by atoms with Gasteiger partial charge in [0.1, 0.15) is 23.8 Å². The minimum atomic E-state index is -4.74. The molecule has 0 saturated heterocycles. The molecule has 1 N–H and O–H groups in total. The van der Waals surface area contributed by atoms with Crippen LogP contribution in [0.15, 0.2) is 34.6 Å². The van der Waals surface area contributed by atoms with E-state index in [0.29, 0.717) is 12.2 Å². The van der Waals surface area contributed by atoms with Crippen LogP contribution < -0.4 is 4.74 Å². The van der Waals surface area contributed by atoms with E-state index in [2.05, 4.69) is 15.0 Å². The standard InChI is InChI=1S/C13H15F3N2O3/c1-3-8-20-18-12(9(2)17-19)10-4-6-11(7-5-10)21-13(14,15)16/h4-7,19H,3,8H2,1-2H3. The summed E-state index contributed by atoms with van der Waals surface area (Å²) in [6.45, 7) is 3.76. The normalized spacial score (nSPS) is 13.2. The van der Waals surface area contributed by atoms with Crippen LogP contribution >= 0.6 is 0 Å². The van der Waals surface area contributed by atoms with Gasteiger partial charge >= 0.3 is 6.36 Å². The predicted octanol–water partition coefficient (Wildman–Crippen LogP) is 3.57. The molecule has 1 aromatic rings.